The van der Waals surface area contributed by atoms with Gasteiger partial charge >= 0.3 is 0 Å². The van der Waals surface area contributed by atoms with E-state index in [1.807, 2.05) is 0 Å². The van der Waals surface area contributed by atoms with Crippen molar-refractivity contribution in [1.29, 1.82) is 0 Å². The van der Waals surface area contributed by atoms with Gasteiger partial charge in [-0.25, -0.2) is 8.78 Å². The maximum absolute atomic E-state index is 13.4. The molecule has 1 N–H and O–H groups in total. The zero-order valence-electron chi connectivity index (χ0n) is 11.0. The van der Waals surface area contributed by atoms with E-state index in [1.165, 1.54) is 12.1 Å². The molecule has 5 heteroatoms. The number of benzene rings is 1. The number of carbonyl (C=O) groups excluding carboxylic acids is 1. The fourth-order valence-corrected chi connectivity index (χ4v) is 1.67. The molecular weight excluding hydrogens is 264 g/mol. The van der Waals surface area contributed by atoms with Gasteiger partial charge < -0.3 is 9.73 Å². The van der Waals surface area contributed by atoms with Crippen LogP contribution in [0.2, 0.25) is 0 Å². The molecule has 0 aliphatic carbocycles. The standard InChI is InChI=1S/C15H13F2NO2/c1-9(7-14(19)15-6-3-10(2)20-15)18-13-5-4-11(16)8-12(13)17/h3-8,18H,1-2H3/b9-7+. The molecule has 20 heavy (non-hydrogen) atoms. The summed E-state index contributed by atoms with van der Waals surface area (Å²) in [5.41, 5.74) is 0.526. The Morgan fingerprint density at radius 2 is 2.00 bits per heavy atom. The van der Waals surface area contributed by atoms with Crippen LogP contribution < -0.4 is 5.32 Å². The molecule has 0 atom stereocenters. The number of allylic oxidation sites excluding steroid dienone is 2. The molecule has 0 bridgehead atoms. The fourth-order valence-electron chi connectivity index (χ4n) is 1.67. The van der Waals surface area contributed by atoms with Gasteiger partial charge in [-0.3, -0.25) is 4.79 Å². The summed E-state index contributed by atoms with van der Waals surface area (Å²) in [6.45, 7) is 3.34. The number of ketones is 1. The van der Waals surface area contributed by atoms with Crippen molar-refractivity contribution in [3.05, 3.63) is 65.3 Å². The number of nitrogens with one attached hydrogen (secondary N) is 1. The maximum Gasteiger partial charge on any atom is 0.222 e. The van der Waals surface area contributed by atoms with Crippen molar-refractivity contribution in [1.82, 2.24) is 0 Å². The molecule has 104 valence electrons. The zero-order chi connectivity index (χ0) is 14.7. The first kappa shape index (κ1) is 14.0. The van der Waals surface area contributed by atoms with E-state index < -0.39 is 11.6 Å². The first-order valence-corrected chi connectivity index (χ1v) is 5.97. The highest BCUT2D eigenvalue weighted by molar-refractivity contribution is 6.03. The SMILES string of the molecule is C/C(=C\C(=O)c1ccc(C)o1)Nc1ccc(F)cc1F. The van der Waals surface area contributed by atoms with Gasteiger partial charge in [-0.15, -0.1) is 0 Å². The average molecular weight is 277 g/mol. The van der Waals surface area contributed by atoms with Gasteiger partial charge in [-0.1, -0.05) is 0 Å². The van der Waals surface area contributed by atoms with Crippen LogP contribution in [0.3, 0.4) is 0 Å². The number of carbonyl (C=O) groups is 1. The van der Waals surface area contributed by atoms with Crippen LogP contribution in [0.4, 0.5) is 14.5 Å². The first-order valence-electron chi connectivity index (χ1n) is 5.97. The van der Waals surface area contributed by atoms with E-state index >= 15 is 0 Å². The third kappa shape index (κ3) is 3.32. The van der Waals surface area contributed by atoms with E-state index in [9.17, 15) is 13.6 Å². The number of hydrogen-bond acceptors (Lipinski definition) is 3. The Balaban J connectivity index is 2.13. The summed E-state index contributed by atoms with van der Waals surface area (Å²) < 4.78 is 31.4. The molecule has 2 aromatic rings. The zero-order valence-corrected chi connectivity index (χ0v) is 11.0. The summed E-state index contributed by atoms with van der Waals surface area (Å²) in [6, 6.07) is 6.43. The van der Waals surface area contributed by atoms with E-state index in [4.69, 9.17) is 4.42 Å². The molecule has 1 aromatic carbocycles. The lowest BCUT2D eigenvalue weighted by atomic mass is 10.2. The molecule has 0 radical (unpaired) electrons. The van der Waals surface area contributed by atoms with Crippen molar-refractivity contribution in [2.24, 2.45) is 0 Å². The minimum atomic E-state index is -0.723. The molecule has 1 aromatic heterocycles. The van der Waals surface area contributed by atoms with E-state index in [0.717, 1.165) is 12.1 Å². The Morgan fingerprint density at radius 3 is 2.60 bits per heavy atom. The highest BCUT2D eigenvalue weighted by Gasteiger charge is 2.09. The van der Waals surface area contributed by atoms with Crippen molar-refractivity contribution >= 4 is 11.5 Å². The second kappa shape index (κ2) is 5.69. The van der Waals surface area contributed by atoms with Gasteiger partial charge in [0.1, 0.15) is 17.4 Å². The Hall–Kier alpha value is -2.43. The molecule has 0 aliphatic heterocycles. The molecule has 0 fully saturated rings. The van der Waals surface area contributed by atoms with Crippen LogP contribution >= 0.6 is 0 Å². The van der Waals surface area contributed by atoms with Crippen molar-refractivity contribution in [3.8, 4) is 0 Å². The number of aryl methyl sites for hydroxylation is 1. The molecule has 0 unspecified atom stereocenters. The normalized spacial score (nSPS) is 11.5. The first-order chi connectivity index (χ1) is 9.45. The molecule has 3 nitrogen and oxygen atoms in total. The Kier molecular flexibility index (Phi) is 3.98. The quantitative estimate of drug-likeness (QED) is 0.676. The summed E-state index contributed by atoms with van der Waals surface area (Å²) in [5, 5.41) is 2.70. The molecule has 0 spiro atoms. The molecule has 0 saturated heterocycles. The second-order valence-corrected chi connectivity index (χ2v) is 4.35. The topological polar surface area (TPSA) is 42.2 Å². The fraction of sp³-hybridized carbons (Fsp3) is 0.133. The monoisotopic (exact) mass is 277 g/mol. The van der Waals surface area contributed by atoms with Crippen LogP contribution in [0.25, 0.3) is 0 Å². The van der Waals surface area contributed by atoms with Gasteiger partial charge in [0.25, 0.3) is 0 Å². The Labute approximate surface area is 114 Å². The van der Waals surface area contributed by atoms with Crippen LogP contribution in [-0.4, -0.2) is 5.78 Å². The van der Waals surface area contributed by atoms with Gasteiger partial charge in [0, 0.05) is 17.8 Å². The van der Waals surface area contributed by atoms with E-state index in [-0.39, 0.29) is 17.2 Å². The highest BCUT2D eigenvalue weighted by atomic mass is 19.1. The summed E-state index contributed by atoms with van der Waals surface area (Å²) >= 11 is 0. The molecule has 0 amide bonds. The van der Waals surface area contributed by atoms with Crippen LogP contribution in [-0.2, 0) is 0 Å². The predicted octanol–water partition coefficient (Wildman–Crippen LogP) is 4.06. The Morgan fingerprint density at radius 1 is 1.25 bits per heavy atom. The van der Waals surface area contributed by atoms with Crippen molar-refractivity contribution in [2.75, 3.05) is 5.32 Å². The lowest BCUT2D eigenvalue weighted by Crippen LogP contribution is -2.02. The van der Waals surface area contributed by atoms with Crippen molar-refractivity contribution < 1.29 is 18.0 Å². The smallest absolute Gasteiger partial charge is 0.222 e. The molecule has 0 saturated carbocycles. The molecule has 1 heterocycles. The van der Waals surface area contributed by atoms with Gasteiger partial charge in [0.05, 0.1) is 5.69 Å². The molecular formula is C15H13F2NO2. The van der Waals surface area contributed by atoms with Gasteiger partial charge in [-0.2, -0.15) is 0 Å². The minimum Gasteiger partial charge on any atom is -0.458 e. The number of anilines is 1. The van der Waals surface area contributed by atoms with Gasteiger partial charge in [0.15, 0.2) is 5.76 Å². The summed E-state index contributed by atoms with van der Waals surface area (Å²) in [7, 11) is 0. The number of hydrogen-bond donors (Lipinski definition) is 1. The largest absolute Gasteiger partial charge is 0.458 e. The number of furan rings is 1. The van der Waals surface area contributed by atoms with E-state index in [0.29, 0.717) is 11.5 Å². The second-order valence-electron chi connectivity index (χ2n) is 4.35. The molecule has 2 rings (SSSR count). The molecule has 0 aliphatic rings. The average Bonchev–Trinajstić information content (AvgIpc) is 2.79. The summed E-state index contributed by atoms with van der Waals surface area (Å²) in [5.74, 6) is -0.860. The summed E-state index contributed by atoms with van der Waals surface area (Å²) in [6.07, 6.45) is 1.29. The van der Waals surface area contributed by atoms with Crippen LogP contribution in [0.1, 0.15) is 23.2 Å². The van der Waals surface area contributed by atoms with Gasteiger partial charge in [-0.05, 0) is 38.1 Å². The van der Waals surface area contributed by atoms with Crippen molar-refractivity contribution in [3.63, 3.8) is 0 Å². The Bertz CT molecular complexity index is 674. The highest BCUT2D eigenvalue weighted by Crippen LogP contribution is 2.17. The third-order valence-corrected chi connectivity index (χ3v) is 2.59. The van der Waals surface area contributed by atoms with Crippen LogP contribution in [0.5, 0.6) is 0 Å². The summed E-state index contributed by atoms with van der Waals surface area (Å²) in [4.78, 5) is 11.8. The van der Waals surface area contributed by atoms with E-state index in [1.54, 1.807) is 26.0 Å². The lowest BCUT2D eigenvalue weighted by Gasteiger charge is -2.07. The van der Waals surface area contributed by atoms with Crippen molar-refractivity contribution in [2.45, 2.75) is 13.8 Å². The number of rotatable bonds is 4. The van der Waals surface area contributed by atoms with E-state index in [2.05, 4.69) is 5.32 Å². The third-order valence-electron chi connectivity index (χ3n) is 2.59. The predicted molar refractivity (Wildman–Crippen MR) is 71.5 cm³/mol. The van der Waals surface area contributed by atoms with Gasteiger partial charge in [0.2, 0.25) is 5.78 Å². The lowest BCUT2D eigenvalue weighted by molar-refractivity contribution is 0.102. The maximum atomic E-state index is 13.4. The van der Waals surface area contributed by atoms with Crippen LogP contribution in [0.15, 0.2) is 46.5 Å². The van der Waals surface area contributed by atoms with Crippen LogP contribution in [0, 0.1) is 18.6 Å². The minimum absolute atomic E-state index is 0.101. The number of halogens is 2.